The SMILES string of the molecule is CCN1C(N)=NCC12CCOC2C. The predicted octanol–water partition coefficient (Wildman–Crippen LogP) is 0.184. The average Bonchev–Trinajstić information content (AvgIpc) is 2.61. The minimum absolute atomic E-state index is 0.0683. The van der Waals surface area contributed by atoms with E-state index in [9.17, 15) is 0 Å². The lowest BCUT2D eigenvalue weighted by Gasteiger charge is -2.37. The second kappa shape index (κ2) is 2.87. The summed E-state index contributed by atoms with van der Waals surface area (Å²) >= 11 is 0. The number of nitrogens with zero attached hydrogens (tertiary/aromatic N) is 2. The van der Waals surface area contributed by atoms with Gasteiger partial charge >= 0.3 is 0 Å². The van der Waals surface area contributed by atoms with E-state index in [1.165, 1.54) is 0 Å². The van der Waals surface area contributed by atoms with E-state index in [-0.39, 0.29) is 11.6 Å². The first-order chi connectivity index (χ1) is 6.20. The zero-order valence-electron chi connectivity index (χ0n) is 8.29. The van der Waals surface area contributed by atoms with E-state index < -0.39 is 0 Å². The maximum atomic E-state index is 5.83. The van der Waals surface area contributed by atoms with Gasteiger partial charge in [-0.1, -0.05) is 0 Å². The summed E-state index contributed by atoms with van der Waals surface area (Å²) in [6, 6.07) is 0. The molecule has 0 bridgehead atoms. The minimum Gasteiger partial charge on any atom is -0.376 e. The van der Waals surface area contributed by atoms with Crippen molar-refractivity contribution in [2.45, 2.75) is 31.9 Å². The Bertz CT molecular complexity index is 241. The van der Waals surface area contributed by atoms with Crippen LogP contribution in [0.5, 0.6) is 0 Å². The molecule has 2 rings (SSSR count). The topological polar surface area (TPSA) is 50.8 Å². The zero-order valence-corrected chi connectivity index (χ0v) is 8.29. The molecule has 0 aromatic rings. The third kappa shape index (κ3) is 1.05. The molecule has 0 aliphatic carbocycles. The smallest absolute Gasteiger partial charge is 0.191 e. The summed E-state index contributed by atoms with van der Waals surface area (Å²) in [7, 11) is 0. The van der Waals surface area contributed by atoms with Crippen LogP contribution in [0.3, 0.4) is 0 Å². The van der Waals surface area contributed by atoms with E-state index in [0.29, 0.717) is 5.96 Å². The monoisotopic (exact) mass is 183 g/mol. The van der Waals surface area contributed by atoms with E-state index in [1.54, 1.807) is 0 Å². The molecule has 74 valence electrons. The molecule has 1 saturated heterocycles. The summed E-state index contributed by atoms with van der Waals surface area (Å²) < 4.78 is 5.60. The molecule has 0 amide bonds. The second-order valence-electron chi connectivity index (χ2n) is 3.79. The zero-order chi connectivity index (χ0) is 9.47. The summed E-state index contributed by atoms with van der Waals surface area (Å²) in [5.41, 5.74) is 5.89. The van der Waals surface area contributed by atoms with Gasteiger partial charge < -0.3 is 15.4 Å². The van der Waals surface area contributed by atoms with Crippen molar-refractivity contribution in [3.05, 3.63) is 0 Å². The molecule has 2 N–H and O–H groups in total. The molecular weight excluding hydrogens is 166 g/mol. The number of guanidine groups is 1. The van der Waals surface area contributed by atoms with Gasteiger partial charge in [0.15, 0.2) is 5.96 Å². The van der Waals surface area contributed by atoms with Crippen LogP contribution in [0.25, 0.3) is 0 Å². The number of likely N-dealkylation sites (N-methyl/N-ethyl adjacent to an activating group) is 1. The van der Waals surface area contributed by atoms with E-state index in [1.807, 2.05) is 0 Å². The van der Waals surface area contributed by atoms with E-state index in [0.717, 1.165) is 26.1 Å². The van der Waals surface area contributed by atoms with Crippen molar-refractivity contribution in [1.29, 1.82) is 0 Å². The number of ether oxygens (including phenoxy) is 1. The summed E-state index contributed by atoms with van der Waals surface area (Å²) in [5, 5.41) is 0. The number of nitrogens with two attached hydrogens (primary N) is 1. The van der Waals surface area contributed by atoms with Crippen LogP contribution in [-0.2, 0) is 4.74 Å². The van der Waals surface area contributed by atoms with Gasteiger partial charge in [0, 0.05) is 13.2 Å². The van der Waals surface area contributed by atoms with Gasteiger partial charge in [0.05, 0.1) is 18.2 Å². The van der Waals surface area contributed by atoms with Crippen molar-refractivity contribution >= 4 is 5.96 Å². The van der Waals surface area contributed by atoms with Gasteiger partial charge in [-0.05, 0) is 20.3 Å². The van der Waals surface area contributed by atoms with E-state index in [4.69, 9.17) is 10.5 Å². The molecule has 4 heteroatoms. The summed E-state index contributed by atoms with van der Waals surface area (Å²) in [6.45, 7) is 6.78. The predicted molar refractivity (Wildman–Crippen MR) is 51.6 cm³/mol. The van der Waals surface area contributed by atoms with Gasteiger partial charge in [-0.15, -0.1) is 0 Å². The van der Waals surface area contributed by atoms with Gasteiger partial charge in [-0.25, -0.2) is 0 Å². The fourth-order valence-corrected chi connectivity index (χ4v) is 2.43. The number of hydrogen-bond acceptors (Lipinski definition) is 4. The highest BCUT2D eigenvalue weighted by Crippen LogP contribution is 2.35. The van der Waals surface area contributed by atoms with Crippen LogP contribution in [0.1, 0.15) is 20.3 Å². The highest BCUT2D eigenvalue weighted by Gasteiger charge is 2.49. The van der Waals surface area contributed by atoms with Crippen molar-refractivity contribution in [1.82, 2.24) is 4.90 Å². The van der Waals surface area contributed by atoms with Crippen LogP contribution >= 0.6 is 0 Å². The first-order valence-corrected chi connectivity index (χ1v) is 4.90. The molecule has 0 aromatic heterocycles. The Labute approximate surface area is 78.8 Å². The Kier molecular flexibility index (Phi) is 1.95. The van der Waals surface area contributed by atoms with Gasteiger partial charge in [-0.3, -0.25) is 4.99 Å². The minimum atomic E-state index is 0.0683. The lowest BCUT2D eigenvalue weighted by molar-refractivity contribution is 0.0576. The molecule has 13 heavy (non-hydrogen) atoms. The molecule has 0 saturated carbocycles. The Morgan fingerprint density at radius 1 is 1.77 bits per heavy atom. The Balaban J connectivity index is 2.24. The lowest BCUT2D eigenvalue weighted by atomic mass is 9.91. The maximum absolute atomic E-state index is 5.83. The van der Waals surface area contributed by atoms with Crippen LogP contribution in [-0.4, -0.2) is 42.2 Å². The fraction of sp³-hybridized carbons (Fsp3) is 0.889. The normalized spacial score (nSPS) is 38.8. The molecule has 2 aliphatic heterocycles. The highest BCUT2D eigenvalue weighted by molar-refractivity contribution is 5.81. The Morgan fingerprint density at radius 2 is 2.54 bits per heavy atom. The van der Waals surface area contributed by atoms with Crippen LogP contribution in [0.4, 0.5) is 0 Å². The van der Waals surface area contributed by atoms with E-state index in [2.05, 4.69) is 23.7 Å². The fourth-order valence-electron chi connectivity index (χ4n) is 2.43. The maximum Gasteiger partial charge on any atom is 0.191 e. The average molecular weight is 183 g/mol. The van der Waals surface area contributed by atoms with Crippen LogP contribution in [0, 0.1) is 0 Å². The second-order valence-corrected chi connectivity index (χ2v) is 3.79. The van der Waals surface area contributed by atoms with Crippen LogP contribution in [0.2, 0.25) is 0 Å². The Hall–Kier alpha value is -0.770. The molecule has 4 nitrogen and oxygen atoms in total. The molecule has 2 aliphatic rings. The van der Waals surface area contributed by atoms with Crippen LogP contribution in [0.15, 0.2) is 4.99 Å². The van der Waals surface area contributed by atoms with Gasteiger partial charge in [0.1, 0.15) is 0 Å². The Morgan fingerprint density at radius 3 is 3.08 bits per heavy atom. The van der Waals surface area contributed by atoms with Gasteiger partial charge in [0.25, 0.3) is 0 Å². The summed E-state index contributed by atoms with van der Waals surface area (Å²) in [5.74, 6) is 0.680. The van der Waals surface area contributed by atoms with Crippen molar-refractivity contribution in [2.75, 3.05) is 19.7 Å². The van der Waals surface area contributed by atoms with Crippen molar-refractivity contribution in [3.63, 3.8) is 0 Å². The largest absolute Gasteiger partial charge is 0.376 e. The number of rotatable bonds is 1. The first-order valence-electron chi connectivity index (χ1n) is 4.90. The molecule has 1 spiro atoms. The summed E-state index contributed by atoms with van der Waals surface area (Å²) in [6.07, 6.45) is 1.30. The molecule has 1 fully saturated rings. The molecule has 2 heterocycles. The van der Waals surface area contributed by atoms with Gasteiger partial charge in [0.2, 0.25) is 0 Å². The highest BCUT2D eigenvalue weighted by atomic mass is 16.5. The van der Waals surface area contributed by atoms with E-state index >= 15 is 0 Å². The standard InChI is InChI=1S/C9H17N3O/c1-3-12-8(10)11-6-9(12)4-5-13-7(9)2/h7H,3-6H2,1-2H3,(H2,10,11). The molecular formula is C9H17N3O. The van der Waals surface area contributed by atoms with Crippen molar-refractivity contribution in [3.8, 4) is 0 Å². The molecule has 2 atom stereocenters. The first kappa shape index (κ1) is 8.81. The van der Waals surface area contributed by atoms with Gasteiger partial charge in [-0.2, -0.15) is 0 Å². The number of hydrogen-bond donors (Lipinski definition) is 1. The molecule has 0 aromatic carbocycles. The lowest BCUT2D eigenvalue weighted by Crippen LogP contribution is -2.55. The molecule has 0 radical (unpaired) electrons. The third-order valence-corrected chi connectivity index (χ3v) is 3.30. The number of aliphatic imine (C=N–C) groups is 1. The summed E-state index contributed by atoms with van der Waals surface area (Å²) in [4.78, 5) is 6.50. The quantitative estimate of drug-likeness (QED) is 0.631. The third-order valence-electron chi connectivity index (χ3n) is 3.30. The van der Waals surface area contributed by atoms with Crippen molar-refractivity contribution < 1.29 is 4.74 Å². The molecule has 2 unspecified atom stereocenters. The van der Waals surface area contributed by atoms with Crippen LogP contribution < -0.4 is 5.73 Å². The van der Waals surface area contributed by atoms with Crippen molar-refractivity contribution in [2.24, 2.45) is 10.7 Å².